The lowest BCUT2D eigenvalue weighted by molar-refractivity contribution is -0.769. The largest absolute Gasteiger partial charge is 0.629 e. The van der Waals surface area contributed by atoms with E-state index in [1.165, 1.54) is 0 Å². The topological polar surface area (TPSA) is 64.4 Å². The van der Waals surface area contributed by atoms with Gasteiger partial charge in [0.1, 0.15) is 5.70 Å². The Kier molecular flexibility index (Phi) is 7.60. The molecule has 0 aliphatic carbocycles. The third-order valence-corrected chi connectivity index (χ3v) is 4.86. The Morgan fingerprint density at radius 1 is 0.800 bits per heavy atom. The van der Waals surface area contributed by atoms with E-state index in [2.05, 4.69) is 0 Å². The number of fused-ring (bicyclic) bond motifs is 1. The first kappa shape index (κ1) is 22.0. The fourth-order valence-corrected chi connectivity index (χ4v) is 3.61. The highest BCUT2D eigenvalue weighted by atomic mass is 16.5. The lowest BCUT2D eigenvalue weighted by atomic mass is 9.95. The molecule has 0 saturated heterocycles. The first-order chi connectivity index (χ1) is 14.6. The molecule has 2 aromatic carbocycles. The molecule has 2 aromatic rings. The van der Waals surface area contributed by atoms with Crippen LogP contribution < -0.4 is 24.0 Å². The Balaban J connectivity index is 2.05. The van der Waals surface area contributed by atoms with Crippen LogP contribution in [-0.2, 0) is 6.42 Å². The molecule has 6 nitrogen and oxygen atoms in total. The molecule has 0 bridgehead atoms. The van der Waals surface area contributed by atoms with Crippen molar-refractivity contribution in [3.8, 4) is 23.0 Å². The Morgan fingerprint density at radius 3 is 2.00 bits per heavy atom. The van der Waals surface area contributed by atoms with Gasteiger partial charge in [-0.05, 0) is 63.1 Å². The molecule has 0 saturated carbocycles. The highest BCUT2D eigenvalue weighted by molar-refractivity contribution is 5.80. The van der Waals surface area contributed by atoms with Crippen molar-refractivity contribution in [3.05, 3.63) is 52.2 Å². The van der Waals surface area contributed by atoms with Crippen LogP contribution in [0.15, 0.2) is 30.3 Å². The summed E-state index contributed by atoms with van der Waals surface area (Å²) in [6.07, 6.45) is 2.63. The second kappa shape index (κ2) is 10.4. The Labute approximate surface area is 178 Å². The van der Waals surface area contributed by atoms with Crippen LogP contribution in [0, 0.1) is 5.21 Å². The zero-order chi connectivity index (χ0) is 21.5. The molecule has 1 heterocycles. The van der Waals surface area contributed by atoms with Gasteiger partial charge in [-0.2, -0.15) is 0 Å². The zero-order valence-corrected chi connectivity index (χ0v) is 18.2. The van der Waals surface area contributed by atoms with Crippen LogP contribution in [0.4, 0.5) is 0 Å². The zero-order valence-electron chi connectivity index (χ0n) is 18.2. The minimum atomic E-state index is 0.126. The van der Waals surface area contributed by atoms with Gasteiger partial charge in [-0.15, -0.1) is 0 Å². The Bertz CT molecular complexity index is 893. The summed E-state index contributed by atoms with van der Waals surface area (Å²) in [4.78, 5) is 0. The van der Waals surface area contributed by atoms with E-state index in [4.69, 9.17) is 18.9 Å². The van der Waals surface area contributed by atoms with Crippen molar-refractivity contribution < 1.29 is 24.0 Å². The van der Waals surface area contributed by atoms with Crippen molar-refractivity contribution in [1.82, 2.24) is 0 Å². The minimum Gasteiger partial charge on any atom is -0.629 e. The lowest BCUT2D eigenvalue weighted by Crippen LogP contribution is -3.05. The number of quaternary nitrogens is 1. The van der Waals surface area contributed by atoms with Gasteiger partial charge in [0.25, 0.3) is 0 Å². The molecule has 0 radical (unpaired) electrons. The van der Waals surface area contributed by atoms with Gasteiger partial charge in [0, 0.05) is 18.1 Å². The summed E-state index contributed by atoms with van der Waals surface area (Å²) < 4.78 is 22.9. The summed E-state index contributed by atoms with van der Waals surface area (Å²) in [6.45, 7) is 10.4. The summed E-state index contributed by atoms with van der Waals surface area (Å²) in [5.41, 5.74) is 3.59. The normalized spacial score (nSPS) is 16.8. The van der Waals surface area contributed by atoms with Crippen molar-refractivity contribution >= 4 is 11.8 Å². The number of ether oxygens (including phenoxy) is 4. The molecule has 1 N–H and O–H groups in total. The summed E-state index contributed by atoms with van der Waals surface area (Å²) in [7, 11) is 0. The molecule has 0 amide bonds. The predicted octanol–water partition coefficient (Wildman–Crippen LogP) is 3.72. The number of hydroxylamine groups is 2. The van der Waals surface area contributed by atoms with Gasteiger partial charge < -0.3 is 29.2 Å². The van der Waals surface area contributed by atoms with Gasteiger partial charge in [0.05, 0.1) is 33.0 Å². The van der Waals surface area contributed by atoms with E-state index in [0.29, 0.717) is 62.3 Å². The highest BCUT2D eigenvalue weighted by Crippen LogP contribution is 2.35. The lowest BCUT2D eigenvalue weighted by Gasteiger charge is -2.31. The van der Waals surface area contributed by atoms with Crippen LogP contribution in [0.1, 0.15) is 44.4 Å². The molecule has 0 aromatic heterocycles. The predicted molar refractivity (Wildman–Crippen MR) is 118 cm³/mol. The molecule has 30 heavy (non-hydrogen) atoms. The maximum Gasteiger partial charge on any atom is 0.161 e. The fraction of sp³-hybridized carbons (Fsp3) is 0.417. The van der Waals surface area contributed by atoms with E-state index < -0.39 is 0 Å². The second-order valence-corrected chi connectivity index (χ2v) is 6.88. The van der Waals surface area contributed by atoms with Gasteiger partial charge in [0.2, 0.25) is 0 Å². The van der Waals surface area contributed by atoms with Crippen LogP contribution in [0.3, 0.4) is 0 Å². The molecular weight excluding hydrogens is 382 g/mol. The third-order valence-electron chi connectivity index (χ3n) is 4.86. The standard InChI is InChI=1S/C24H31NO5/c1-5-27-21-10-9-17(14-22(21)28-6-2)13-20-19-16-24(30-8-4)23(29-7-3)15-18(19)11-12-25(20)26/h9-10,13-16,25H,5-8,11-12H2,1-4H3/b20-13-. The Morgan fingerprint density at radius 2 is 1.37 bits per heavy atom. The Hall–Kier alpha value is -2.70. The third kappa shape index (κ3) is 4.89. The van der Waals surface area contributed by atoms with Crippen LogP contribution in [-0.4, -0.2) is 33.0 Å². The highest BCUT2D eigenvalue weighted by Gasteiger charge is 2.24. The summed E-state index contributed by atoms with van der Waals surface area (Å²) >= 11 is 0. The second-order valence-electron chi connectivity index (χ2n) is 6.88. The smallest absolute Gasteiger partial charge is 0.161 e. The summed E-state index contributed by atoms with van der Waals surface area (Å²) in [5.74, 6) is 2.78. The molecule has 162 valence electrons. The number of nitrogens with one attached hydrogen (secondary N) is 1. The number of rotatable bonds is 9. The van der Waals surface area contributed by atoms with Crippen LogP contribution in [0.5, 0.6) is 23.0 Å². The molecule has 1 aliphatic heterocycles. The monoisotopic (exact) mass is 413 g/mol. The van der Waals surface area contributed by atoms with Crippen LogP contribution >= 0.6 is 0 Å². The fourth-order valence-electron chi connectivity index (χ4n) is 3.61. The molecule has 1 atom stereocenters. The van der Waals surface area contributed by atoms with Gasteiger partial charge in [0.15, 0.2) is 23.0 Å². The van der Waals surface area contributed by atoms with E-state index in [1.54, 1.807) is 0 Å². The van der Waals surface area contributed by atoms with E-state index >= 15 is 0 Å². The summed E-state index contributed by atoms with van der Waals surface area (Å²) in [5, 5.41) is 13.0. The molecule has 1 aliphatic rings. The average molecular weight is 414 g/mol. The molecule has 6 heteroatoms. The molecule has 3 rings (SSSR count). The number of hydrogen-bond donors (Lipinski definition) is 1. The average Bonchev–Trinajstić information content (AvgIpc) is 2.73. The van der Waals surface area contributed by atoms with Crippen molar-refractivity contribution in [2.24, 2.45) is 0 Å². The SMILES string of the molecule is CCOc1ccc(/C=C2/c3cc(OCC)c(OCC)cc3CC[NH+]2[O-])cc1OCC. The number of hydrogen-bond acceptors (Lipinski definition) is 5. The first-order valence-corrected chi connectivity index (χ1v) is 10.7. The molecule has 0 fully saturated rings. The molecular formula is C24H31NO5. The van der Waals surface area contributed by atoms with E-state index in [0.717, 1.165) is 22.4 Å². The quantitative estimate of drug-likeness (QED) is 0.635. The van der Waals surface area contributed by atoms with Crippen molar-refractivity contribution in [1.29, 1.82) is 0 Å². The maximum atomic E-state index is 12.8. The minimum absolute atomic E-state index is 0.126. The number of benzene rings is 2. The molecule has 0 spiro atoms. The first-order valence-electron chi connectivity index (χ1n) is 10.7. The maximum absolute atomic E-state index is 12.8. The van der Waals surface area contributed by atoms with Gasteiger partial charge >= 0.3 is 0 Å². The van der Waals surface area contributed by atoms with Gasteiger partial charge in [-0.25, -0.2) is 0 Å². The summed E-state index contributed by atoms with van der Waals surface area (Å²) in [6, 6.07) is 9.69. The van der Waals surface area contributed by atoms with Gasteiger partial charge in [-0.3, -0.25) is 0 Å². The van der Waals surface area contributed by atoms with E-state index in [1.807, 2.05) is 64.1 Å². The van der Waals surface area contributed by atoms with Crippen molar-refractivity contribution in [2.45, 2.75) is 34.1 Å². The van der Waals surface area contributed by atoms with Crippen LogP contribution in [0.25, 0.3) is 11.8 Å². The van der Waals surface area contributed by atoms with Gasteiger partial charge in [-0.1, -0.05) is 6.07 Å². The van der Waals surface area contributed by atoms with Crippen molar-refractivity contribution in [3.63, 3.8) is 0 Å². The van der Waals surface area contributed by atoms with Crippen molar-refractivity contribution in [2.75, 3.05) is 33.0 Å². The molecule has 1 unspecified atom stereocenters. The van der Waals surface area contributed by atoms with E-state index in [-0.39, 0.29) is 5.06 Å². The van der Waals surface area contributed by atoms with Crippen LogP contribution in [0.2, 0.25) is 0 Å². The van der Waals surface area contributed by atoms with E-state index in [9.17, 15) is 5.21 Å².